The smallest absolute Gasteiger partial charge is 0.257 e. The molecule has 1 aromatic heterocycles. The molecule has 0 spiro atoms. The molecule has 6 aromatic carbocycles. The third-order valence-corrected chi connectivity index (χ3v) is 22.1. The van der Waals surface area contributed by atoms with Crippen molar-refractivity contribution in [2.45, 2.75) is 211 Å². The van der Waals surface area contributed by atoms with E-state index in [0.29, 0.717) is 0 Å². The molecular formula is C71H81BN2O. The van der Waals surface area contributed by atoms with Crippen LogP contribution in [0.5, 0.6) is 0 Å². The predicted molar refractivity (Wildman–Crippen MR) is 319 cm³/mol. The van der Waals surface area contributed by atoms with Gasteiger partial charge in [0.15, 0.2) is 0 Å². The van der Waals surface area contributed by atoms with E-state index < -0.39 is 0 Å². The molecule has 0 amide bonds. The Morgan fingerprint density at radius 3 is 1.45 bits per heavy atom. The molecule has 3 heterocycles. The van der Waals surface area contributed by atoms with E-state index in [2.05, 4.69) is 211 Å². The molecule has 1 saturated carbocycles. The molecule has 8 aliphatic rings. The van der Waals surface area contributed by atoms with Gasteiger partial charge in [0, 0.05) is 39.2 Å². The summed E-state index contributed by atoms with van der Waals surface area (Å²) in [7, 11) is 0. The number of benzene rings is 6. The molecule has 6 aliphatic carbocycles. The normalized spacial score (nSPS) is 25.1. The molecular weight excluding hydrogens is 908 g/mol. The van der Waals surface area contributed by atoms with E-state index >= 15 is 0 Å². The van der Waals surface area contributed by atoms with E-state index in [9.17, 15) is 0 Å². The van der Waals surface area contributed by atoms with Crippen molar-refractivity contribution >= 4 is 68.4 Å². The molecule has 0 radical (unpaired) electrons. The van der Waals surface area contributed by atoms with Crippen LogP contribution in [0.4, 0.5) is 34.3 Å². The van der Waals surface area contributed by atoms with E-state index in [-0.39, 0.29) is 50.0 Å². The lowest BCUT2D eigenvalue weighted by Crippen LogP contribution is -2.61. The zero-order chi connectivity index (χ0) is 52.5. The summed E-state index contributed by atoms with van der Waals surface area (Å²) in [5.41, 5.74) is 28.0. The highest BCUT2D eigenvalue weighted by molar-refractivity contribution is 7.01. The fourth-order valence-corrected chi connectivity index (χ4v) is 16.5. The Morgan fingerprint density at radius 1 is 0.400 bits per heavy atom. The molecule has 0 saturated heterocycles. The van der Waals surface area contributed by atoms with Crippen molar-refractivity contribution in [3.63, 3.8) is 0 Å². The van der Waals surface area contributed by atoms with E-state index in [1.165, 1.54) is 151 Å². The SMILES string of the molecule is Cc1cc2c3c(c1)N(c1ccc4c(c1)C(C)(C)CCC4(C)C)c1oc4cc5c(cc4c1B3c1cc3c(cc1N2c1cc2c(cc1-c1ccccc1)C(C)(C)CCC2(C)C)C(C)(C)CCC3(C)C)C1(C)CCC5(C)CC1. The van der Waals surface area contributed by atoms with Crippen molar-refractivity contribution in [2.24, 2.45) is 0 Å². The second kappa shape index (κ2) is 15.0. The lowest BCUT2D eigenvalue weighted by Gasteiger charge is -2.52. The van der Waals surface area contributed by atoms with Crippen molar-refractivity contribution in [3.05, 3.63) is 147 Å². The topological polar surface area (TPSA) is 19.6 Å². The van der Waals surface area contributed by atoms with E-state index in [1.54, 1.807) is 5.56 Å². The Hall–Kier alpha value is -5.48. The maximum Gasteiger partial charge on any atom is 0.257 e. The molecule has 2 aliphatic heterocycles. The van der Waals surface area contributed by atoms with Crippen LogP contribution >= 0.6 is 0 Å². The van der Waals surface area contributed by atoms with Crippen molar-refractivity contribution in [3.8, 4) is 11.1 Å². The van der Waals surface area contributed by atoms with Gasteiger partial charge in [0.05, 0.1) is 5.69 Å². The second-order valence-corrected chi connectivity index (χ2v) is 29.9. The quantitative estimate of drug-likeness (QED) is 0.165. The van der Waals surface area contributed by atoms with E-state index in [4.69, 9.17) is 4.42 Å². The highest BCUT2D eigenvalue weighted by Crippen LogP contribution is 2.59. The fourth-order valence-electron chi connectivity index (χ4n) is 16.5. The van der Waals surface area contributed by atoms with Crippen LogP contribution in [-0.2, 0) is 43.3 Å². The van der Waals surface area contributed by atoms with Crippen molar-refractivity contribution in [2.75, 3.05) is 9.80 Å². The van der Waals surface area contributed by atoms with Crippen LogP contribution in [0.15, 0.2) is 101 Å². The fraction of sp³-hybridized carbons (Fsp3) is 0.465. The molecule has 15 rings (SSSR count). The van der Waals surface area contributed by atoms with Gasteiger partial charge in [-0.2, -0.15) is 0 Å². The minimum atomic E-state index is -0.0520. The van der Waals surface area contributed by atoms with Gasteiger partial charge < -0.3 is 9.32 Å². The highest BCUT2D eigenvalue weighted by atomic mass is 16.4. The maximum atomic E-state index is 7.75. The van der Waals surface area contributed by atoms with Crippen molar-refractivity contribution < 1.29 is 4.42 Å². The van der Waals surface area contributed by atoms with Crippen molar-refractivity contribution in [1.29, 1.82) is 0 Å². The number of hydrogen-bond donors (Lipinski definition) is 0. The molecule has 0 unspecified atom stereocenters. The van der Waals surface area contributed by atoms with Gasteiger partial charge in [-0.05, 0) is 236 Å². The molecule has 0 N–H and O–H groups in total. The zero-order valence-corrected chi connectivity index (χ0v) is 48.2. The van der Waals surface area contributed by atoms with E-state index in [0.717, 1.165) is 30.7 Å². The molecule has 4 heteroatoms. The first-order valence-corrected chi connectivity index (χ1v) is 29.2. The van der Waals surface area contributed by atoms with Crippen LogP contribution in [0.1, 0.15) is 211 Å². The Kier molecular flexibility index (Phi) is 9.56. The van der Waals surface area contributed by atoms with Crippen LogP contribution in [0.2, 0.25) is 0 Å². The summed E-state index contributed by atoms with van der Waals surface area (Å²) in [6, 6.07) is 39.8. The summed E-state index contributed by atoms with van der Waals surface area (Å²) < 4.78 is 7.75. The third kappa shape index (κ3) is 6.59. The van der Waals surface area contributed by atoms with Gasteiger partial charge in [-0.3, -0.25) is 4.90 Å². The number of hydrogen-bond acceptors (Lipinski definition) is 3. The van der Waals surface area contributed by atoms with Gasteiger partial charge in [0.2, 0.25) is 5.88 Å². The maximum absolute atomic E-state index is 7.75. The molecule has 75 heavy (non-hydrogen) atoms. The number of fused-ring (bicyclic) bond motifs is 11. The largest absolute Gasteiger partial charge is 0.440 e. The number of nitrogens with zero attached hydrogens (tertiary/aromatic N) is 2. The van der Waals surface area contributed by atoms with Crippen LogP contribution in [-0.4, -0.2) is 6.71 Å². The summed E-state index contributed by atoms with van der Waals surface area (Å²) in [5, 5.41) is 1.30. The summed E-state index contributed by atoms with van der Waals surface area (Å²) in [4.78, 5) is 5.38. The minimum absolute atomic E-state index is 0.0172. The summed E-state index contributed by atoms with van der Waals surface area (Å²) in [6.45, 7) is 37.3. The average molecular weight is 989 g/mol. The van der Waals surface area contributed by atoms with Gasteiger partial charge in [0.25, 0.3) is 6.71 Å². The summed E-state index contributed by atoms with van der Waals surface area (Å²) >= 11 is 0. The van der Waals surface area contributed by atoms with Crippen LogP contribution in [0, 0.1) is 6.92 Å². The molecule has 384 valence electrons. The molecule has 0 atom stereocenters. The predicted octanol–water partition coefficient (Wildman–Crippen LogP) is 17.6. The first-order chi connectivity index (χ1) is 35.2. The van der Waals surface area contributed by atoms with E-state index in [1.807, 2.05) is 0 Å². The van der Waals surface area contributed by atoms with Gasteiger partial charge in [0.1, 0.15) is 5.58 Å². The van der Waals surface area contributed by atoms with Crippen LogP contribution in [0.25, 0.3) is 22.1 Å². The highest BCUT2D eigenvalue weighted by Gasteiger charge is 2.52. The Balaban J connectivity index is 1.14. The van der Waals surface area contributed by atoms with Crippen LogP contribution < -0.4 is 26.2 Å². The van der Waals surface area contributed by atoms with Crippen molar-refractivity contribution in [1.82, 2.24) is 0 Å². The van der Waals surface area contributed by atoms with Gasteiger partial charge in [-0.15, -0.1) is 0 Å². The number of anilines is 6. The molecule has 2 bridgehead atoms. The second-order valence-electron chi connectivity index (χ2n) is 29.9. The minimum Gasteiger partial charge on any atom is -0.440 e. The zero-order valence-electron chi connectivity index (χ0n) is 48.2. The number of furan rings is 1. The molecule has 3 nitrogen and oxygen atoms in total. The number of aryl methyl sites for hydroxylation is 1. The standard InChI is InChI=1S/C71H81BN2O/c1-42-33-58-62-59(34-42)74(56-39-51-49(66(6,7)25-27-68(51,10)11)36-45(56)43-19-17-16-18-20-43)57-40-52-50(67(8,9)26-28-69(52,12)13)38-55(57)72(62)61-46-37-53-54(71(15)31-29-70(53,14)30-32-71)41-60(46)75-63(61)73(58)44-21-22-47-48(35-44)65(4,5)24-23-64(47,2)3/h16-22,33-41H,23-32H2,1-15H3. The molecule has 1 fully saturated rings. The van der Waals surface area contributed by atoms with Gasteiger partial charge in [-0.25, -0.2) is 0 Å². The van der Waals surface area contributed by atoms with Gasteiger partial charge in [-0.1, -0.05) is 139 Å². The number of rotatable bonds is 3. The Bertz CT molecular complexity index is 3620. The molecule has 7 aromatic rings. The average Bonchev–Trinajstić information content (AvgIpc) is 3.76. The lowest BCUT2D eigenvalue weighted by atomic mass is 9.33. The Labute approximate surface area is 450 Å². The first kappa shape index (κ1) is 47.9. The van der Waals surface area contributed by atoms with Gasteiger partial charge >= 0.3 is 0 Å². The summed E-state index contributed by atoms with van der Waals surface area (Å²) in [5.74, 6) is 0.997. The lowest BCUT2D eigenvalue weighted by molar-refractivity contribution is 0.188. The Morgan fingerprint density at radius 2 is 0.880 bits per heavy atom. The van der Waals surface area contributed by atoms with Crippen LogP contribution in [0.3, 0.4) is 0 Å². The third-order valence-electron chi connectivity index (χ3n) is 22.1. The first-order valence-electron chi connectivity index (χ1n) is 29.2. The monoisotopic (exact) mass is 989 g/mol. The summed E-state index contributed by atoms with van der Waals surface area (Å²) in [6.07, 6.45) is 12.0.